The highest BCUT2D eigenvalue weighted by Gasteiger charge is 2.06. The van der Waals surface area contributed by atoms with Gasteiger partial charge in [0.1, 0.15) is 0 Å². The lowest BCUT2D eigenvalue weighted by molar-refractivity contribution is -0.116. The number of thiazole rings is 1. The Bertz CT molecular complexity index is 540. The van der Waals surface area contributed by atoms with Gasteiger partial charge in [-0.1, -0.05) is 31.5 Å². The molecule has 1 N–H and O–H groups in total. The normalized spacial score (nSPS) is 10.4. The highest BCUT2D eigenvalue weighted by Crippen LogP contribution is 2.24. The molecule has 1 amide bonds. The summed E-state index contributed by atoms with van der Waals surface area (Å²) in [5.74, 6) is 0.884. The quantitative estimate of drug-likeness (QED) is 0.762. The van der Waals surface area contributed by atoms with Gasteiger partial charge < -0.3 is 5.32 Å². The zero-order chi connectivity index (χ0) is 14.2. The van der Waals surface area contributed by atoms with Crippen LogP contribution in [0.25, 0.3) is 0 Å². The van der Waals surface area contributed by atoms with Gasteiger partial charge in [0.25, 0.3) is 0 Å². The van der Waals surface area contributed by atoms with Crippen molar-refractivity contribution in [3.05, 3.63) is 41.4 Å². The van der Waals surface area contributed by atoms with Crippen molar-refractivity contribution >= 4 is 34.1 Å². The second-order valence-corrected chi connectivity index (χ2v) is 6.30. The van der Waals surface area contributed by atoms with Crippen molar-refractivity contribution in [2.45, 2.75) is 36.8 Å². The van der Waals surface area contributed by atoms with Crippen LogP contribution in [0.1, 0.15) is 31.9 Å². The van der Waals surface area contributed by atoms with Gasteiger partial charge in [0.15, 0.2) is 5.13 Å². The van der Waals surface area contributed by atoms with Gasteiger partial charge in [-0.25, -0.2) is 4.98 Å². The van der Waals surface area contributed by atoms with Gasteiger partial charge in [-0.05, 0) is 18.6 Å². The highest BCUT2D eigenvalue weighted by molar-refractivity contribution is 7.98. The van der Waals surface area contributed by atoms with E-state index in [0.717, 1.165) is 24.3 Å². The molecule has 20 heavy (non-hydrogen) atoms. The Morgan fingerprint density at radius 3 is 2.90 bits per heavy atom. The second-order valence-electron chi connectivity index (χ2n) is 4.40. The summed E-state index contributed by atoms with van der Waals surface area (Å²) in [7, 11) is 0. The highest BCUT2D eigenvalue weighted by atomic mass is 32.2. The van der Waals surface area contributed by atoms with Gasteiger partial charge in [-0.15, -0.1) is 23.1 Å². The molecule has 0 aliphatic heterocycles. The molecule has 0 saturated carbocycles. The Balaban J connectivity index is 1.81. The molecule has 0 bridgehead atoms. The second kappa shape index (κ2) is 8.07. The molecule has 0 radical (unpaired) electrons. The predicted octanol–water partition coefficient (Wildman–Crippen LogP) is 4.56. The molecule has 0 unspecified atom stereocenters. The molecule has 2 rings (SSSR count). The van der Waals surface area contributed by atoms with Crippen molar-refractivity contribution in [3.8, 4) is 0 Å². The number of rotatable bonds is 7. The molecule has 1 aromatic carbocycles. The first-order valence-corrected chi connectivity index (χ1v) is 8.56. The molecule has 2 aromatic rings. The summed E-state index contributed by atoms with van der Waals surface area (Å²) in [4.78, 5) is 17.3. The predicted molar refractivity (Wildman–Crippen MR) is 86.3 cm³/mol. The molecule has 0 atom stereocenters. The fraction of sp³-hybridized carbons (Fsp3) is 0.333. The van der Waals surface area contributed by atoms with E-state index in [1.165, 1.54) is 16.2 Å². The summed E-state index contributed by atoms with van der Waals surface area (Å²) in [5, 5.41) is 5.56. The summed E-state index contributed by atoms with van der Waals surface area (Å²) < 4.78 is 0. The van der Waals surface area contributed by atoms with E-state index in [1.54, 1.807) is 11.8 Å². The Morgan fingerprint density at radius 1 is 1.35 bits per heavy atom. The first kappa shape index (κ1) is 15.1. The lowest BCUT2D eigenvalue weighted by Crippen LogP contribution is -2.10. The van der Waals surface area contributed by atoms with Gasteiger partial charge in [-0.3, -0.25) is 4.79 Å². The van der Waals surface area contributed by atoms with E-state index in [9.17, 15) is 4.79 Å². The molecule has 1 aromatic heterocycles. The number of hydrogen-bond acceptors (Lipinski definition) is 4. The Hall–Kier alpha value is -1.33. The SMILES string of the molecule is CCCCC(=O)Nc1nc(CSc2ccccc2)cs1. The summed E-state index contributed by atoms with van der Waals surface area (Å²) in [6, 6.07) is 10.2. The number of thioether (sulfide) groups is 1. The van der Waals surface area contributed by atoms with Crippen LogP contribution < -0.4 is 5.32 Å². The number of hydrogen-bond donors (Lipinski definition) is 1. The van der Waals surface area contributed by atoms with E-state index >= 15 is 0 Å². The van der Waals surface area contributed by atoms with Crippen LogP contribution in [0.2, 0.25) is 0 Å². The molecule has 3 nitrogen and oxygen atoms in total. The van der Waals surface area contributed by atoms with Crippen LogP contribution in [-0.4, -0.2) is 10.9 Å². The smallest absolute Gasteiger partial charge is 0.226 e. The third-order valence-electron chi connectivity index (χ3n) is 2.69. The maximum absolute atomic E-state index is 11.6. The molecular formula is C15H18N2OS2. The minimum absolute atomic E-state index is 0.0588. The van der Waals surface area contributed by atoms with Crippen molar-refractivity contribution < 1.29 is 4.79 Å². The number of unbranched alkanes of at least 4 members (excludes halogenated alkanes) is 1. The van der Waals surface area contributed by atoms with Crippen LogP contribution in [0.15, 0.2) is 40.6 Å². The first-order chi connectivity index (χ1) is 9.78. The van der Waals surface area contributed by atoms with Crippen molar-refractivity contribution in [1.82, 2.24) is 4.98 Å². The number of amides is 1. The average Bonchev–Trinajstić information content (AvgIpc) is 2.91. The molecule has 0 aliphatic rings. The zero-order valence-corrected chi connectivity index (χ0v) is 13.1. The van der Waals surface area contributed by atoms with Crippen molar-refractivity contribution in [2.75, 3.05) is 5.32 Å². The monoisotopic (exact) mass is 306 g/mol. The topological polar surface area (TPSA) is 42.0 Å². The van der Waals surface area contributed by atoms with E-state index in [2.05, 4.69) is 29.4 Å². The summed E-state index contributed by atoms with van der Waals surface area (Å²) in [6.45, 7) is 2.08. The Morgan fingerprint density at radius 2 is 2.15 bits per heavy atom. The van der Waals surface area contributed by atoms with E-state index in [-0.39, 0.29) is 5.91 Å². The lowest BCUT2D eigenvalue weighted by Gasteiger charge is -2.00. The van der Waals surface area contributed by atoms with Gasteiger partial charge in [-0.2, -0.15) is 0 Å². The number of carbonyl (C=O) groups excluding carboxylic acids is 1. The van der Waals surface area contributed by atoms with Crippen LogP contribution in [-0.2, 0) is 10.5 Å². The molecule has 106 valence electrons. The third kappa shape index (κ3) is 4.98. The fourth-order valence-corrected chi connectivity index (χ4v) is 3.27. The minimum atomic E-state index is 0.0588. The number of nitrogens with zero attached hydrogens (tertiary/aromatic N) is 1. The van der Waals surface area contributed by atoms with E-state index in [0.29, 0.717) is 11.6 Å². The van der Waals surface area contributed by atoms with Gasteiger partial charge in [0.05, 0.1) is 5.69 Å². The average molecular weight is 306 g/mol. The zero-order valence-electron chi connectivity index (χ0n) is 11.5. The summed E-state index contributed by atoms with van der Waals surface area (Å²) >= 11 is 3.24. The third-order valence-corrected chi connectivity index (χ3v) is 4.54. The van der Waals surface area contributed by atoms with Crippen LogP contribution in [0, 0.1) is 0 Å². The van der Waals surface area contributed by atoms with Crippen molar-refractivity contribution in [3.63, 3.8) is 0 Å². The standard InChI is InChI=1S/C15H18N2OS2/c1-2-3-9-14(18)17-15-16-12(11-20-15)10-19-13-7-5-4-6-8-13/h4-8,11H,2-3,9-10H2,1H3,(H,16,17,18). The van der Waals surface area contributed by atoms with E-state index in [1.807, 2.05) is 23.6 Å². The largest absolute Gasteiger partial charge is 0.302 e. The van der Waals surface area contributed by atoms with Crippen LogP contribution in [0.3, 0.4) is 0 Å². The summed E-state index contributed by atoms with van der Waals surface area (Å²) in [6.07, 6.45) is 2.53. The number of carbonyl (C=O) groups is 1. The molecule has 0 spiro atoms. The van der Waals surface area contributed by atoms with Gasteiger partial charge in [0, 0.05) is 22.4 Å². The Kier molecular flexibility index (Phi) is 6.08. The minimum Gasteiger partial charge on any atom is -0.302 e. The van der Waals surface area contributed by atoms with Crippen LogP contribution in [0.5, 0.6) is 0 Å². The maximum atomic E-state index is 11.6. The molecule has 0 fully saturated rings. The van der Waals surface area contributed by atoms with Gasteiger partial charge >= 0.3 is 0 Å². The van der Waals surface area contributed by atoms with Crippen molar-refractivity contribution in [1.29, 1.82) is 0 Å². The van der Waals surface area contributed by atoms with E-state index in [4.69, 9.17) is 0 Å². The number of nitrogens with one attached hydrogen (secondary N) is 1. The Labute approximate surface area is 127 Å². The molecule has 5 heteroatoms. The maximum Gasteiger partial charge on any atom is 0.226 e. The summed E-state index contributed by atoms with van der Waals surface area (Å²) in [5.41, 5.74) is 1.01. The molecular weight excluding hydrogens is 288 g/mol. The molecule has 1 heterocycles. The lowest BCUT2D eigenvalue weighted by atomic mass is 10.2. The van der Waals surface area contributed by atoms with Crippen LogP contribution >= 0.6 is 23.1 Å². The van der Waals surface area contributed by atoms with E-state index < -0.39 is 0 Å². The molecule has 0 saturated heterocycles. The molecule has 0 aliphatic carbocycles. The number of aromatic nitrogens is 1. The number of anilines is 1. The van der Waals surface area contributed by atoms with Crippen LogP contribution in [0.4, 0.5) is 5.13 Å². The van der Waals surface area contributed by atoms with Crippen molar-refractivity contribution in [2.24, 2.45) is 0 Å². The first-order valence-electron chi connectivity index (χ1n) is 6.70. The van der Waals surface area contributed by atoms with Gasteiger partial charge in [0.2, 0.25) is 5.91 Å². The number of benzene rings is 1. The fourth-order valence-electron chi connectivity index (χ4n) is 1.62.